The number of carbonyl (C=O) groups is 1. The number of hydrogen-bond acceptors (Lipinski definition) is 3. The highest BCUT2D eigenvalue weighted by atomic mass is 19.1. The molecular formula is C15H14FN3O. The summed E-state index contributed by atoms with van der Waals surface area (Å²) in [5.74, 6) is -0.786. The van der Waals surface area contributed by atoms with Crippen LogP contribution in [0, 0.1) is 5.95 Å². The predicted molar refractivity (Wildman–Crippen MR) is 71.4 cm³/mol. The Labute approximate surface area is 116 Å². The van der Waals surface area contributed by atoms with E-state index in [1.807, 2.05) is 12.1 Å². The summed E-state index contributed by atoms with van der Waals surface area (Å²) in [6.45, 7) is 0.683. The second-order valence-electron chi connectivity index (χ2n) is 4.81. The zero-order valence-electron chi connectivity index (χ0n) is 10.9. The van der Waals surface area contributed by atoms with Crippen LogP contribution in [0.5, 0.6) is 0 Å². The second-order valence-corrected chi connectivity index (χ2v) is 4.81. The molecule has 1 aliphatic rings. The van der Waals surface area contributed by atoms with Crippen molar-refractivity contribution in [3.8, 4) is 0 Å². The second kappa shape index (κ2) is 5.36. The topological polar surface area (TPSA) is 46.1 Å². The molecule has 1 aliphatic heterocycles. The van der Waals surface area contributed by atoms with E-state index in [1.54, 1.807) is 23.4 Å². The lowest BCUT2D eigenvalue weighted by molar-refractivity contribution is 0.0734. The van der Waals surface area contributed by atoms with Crippen molar-refractivity contribution < 1.29 is 9.18 Å². The Hall–Kier alpha value is -2.30. The van der Waals surface area contributed by atoms with E-state index < -0.39 is 5.95 Å². The summed E-state index contributed by atoms with van der Waals surface area (Å²) >= 11 is 0. The molecule has 0 spiro atoms. The number of rotatable bonds is 2. The highest BCUT2D eigenvalue weighted by Crippen LogP contribution is 2.32. The first-order valence-corrected chi connectivity index (χ1v) is 6.58. The Bertz CT molecular complexity index is 618. The van der Waals surface area contributed by atoms with Gasteiger partial charge in [-0.3, -0.25) is 9.78 Å². The SMILES string of the molecule is O=C(c1ccnc(F)c1)N1CCCC1c1cccnc1. The van der Waals surface area contributed by atoms with Crippen molar-refractivity contribution in [2.24, 2.45) is 0 Å². The third kappa shape index (κ3) is 2.39. The monoisotopic (exact) mass is 271 g/mol. The van der Waals surface area contributed by atoms with Crippen LogP contribution in [0.15, 0.2) is 42.9 Å². The molecule has 1 unspecified atom stereocenters. The Kier molecular flexibility index (Phi) is 3.41. The smallest absolute Gasteiger partial charge is 0.254 e. The largest absolute Gasteiger partial charge is 0.332 e. The first-order chi connectivity index (χ1) is 9.75. The van der Waals surface area contributed by atoms with Gasteiger partial charge in [0.25, 0.3) is 5.91 Å². The van der Waals surface area contributed by atoms with E-state index >= 15 is 0 Å². The van der Waals surface area contributed by atoms with Crippen molar-refractivity contribution >= 4 is 5.91 Å². The Morgan fingerprint density at radius 3 is 3.00 bits per heavy atom. The number of hydrogen-bond donors (Lipinski definition) is 0. The van der Waals surface area contributed by atoms with Crippen LogP contribution in [-0.2, 0) is 0 Å². The number of nitrogens with zero attached hydrogens (tertiary/aromatic N) is 3. The molecule has 20 heavy (non-hydrogen) atoms. The molecule has 1 amide bonds. The van der Waals surface area contributed by atoms with Gasteiger partial charge in [0.05, 0.1) is 6.04 Å². The summed E-state index contributed by atoms with van der Waals surface area (Å²) < 4.78 is 13.1. The minimum absolute atomic E-state index is 0.0208. The molecule has 0 bridgehead atoms. The molecule has 0 aliphatic carbocycles. The van der Waals surface area contributed by atoms with Gasteiger partial charge in [-0.1, -0.05) is 6.07 Å². The maximum absolute atomic E-state index is 13.1. The number of pyridine rings is 2. The van der Waals surface area contributed by atoms with Crippen LogP contribution in [-0.4, -0.2) is 27.3 Å². The summed E-state index contributed by atoms with van der Waals surface area (Å²) in [4.78, 5) is 21.9. The molecule has 0 saturated carbocycles. The van der Waals surface area contributed by atoms with Crippen LogP contribution >= 0.6 is 0 Å². The molecule has 0 radical (unpaired) electrons. The van der Waals surface area contributed by atoms with Crippen LogP contribution in [0.2, 0.25) is 0 Å². The first-order valence-electron chi connectivity index (χ1n) is 6.58. The zero-order valence-corrected chi connectivity index (χ0v) is 10.9. The molecule has 102 valence electrons. The van der Waals surface area contributed by atoms with Crippen LogP contribution in [0.1, 0.15) is 34.8 Å². The highest BCUT2D eigenvalue weighted by molar-refractivity contribution is 5.94. The van der Waals surface area contributed by atoms with Gasteiger partial charge in [0, 0.05) is 36.8 Å². The third-order valence-electron chi connectivity index (χ3n) is 3.56. The molecule has 2 aromatic rings. The number of aromatic nitrogens is 2. The van der Waals surface area contributed by atoms with E-state index in [9.17, 15) is 9.18 Å². The van der Waals surface area contributed by atoms with Crippen molar-refractivity contribution in [1.29, 1.82) is 0 Å². The molecule has 0 N–H and O–H groups in total. The first kappa shape index (κ1) is 12.7. The van der Waals surface area contributed by atoms with E-state index in [1.165, 1.54) is 12.3 Å². The lowest BCUT2D eigenvalue weighted by Crippen LogP contribution is -2.30. The molecule has 1 atom stereocenters. The fraction of sp³-hybridized carbons (Fsp3) is 0.267. The average Bonchev–Trinajstić information content (AvgIpc) is 2.97. The Balaban J connectivity index is 1.87. The fourth-order valence-electron chi connectivity index (χ4n) is 2.63. The van der Waals surface area contributed by atoms with Gasteiger partial charge in [-0.05, 0) is 30.5 Å². The zero-order chi connectivity index (χ0) is 13.9. The molecule has 1 fully saturated rings. The quantitative estimate of drug-likeness (QED) is 0.789. The lowest BCUT2D eigenvalue weighted by atomic mass is 10.1. The van der Waals surface area contributed by atoms with Gasteiger partial charge in [0.2, 0.25) is 5.95 Å². The maximum Gasteiger partial charge on any atom is 0.254 e. The summed E-state index contributed by atoms with van der Waals surface area (Å²) in [5.41, 5.74) is 1.36. The van der Waals surface area contributed by atoms with Gasteiger partial charge in [-0.2, -0.15) is 4.39 Å². The minimum atomic E-state index is -0.632. The molecule has 5 heteroatoms. The molecule has 3 heterocycles. The Morgan fingerprint density at radius 1 is 1.35 bits per heavy atom. The predicted octanol–water partition coefficient (Wildman–Crippen LogP) is 2.59. The van der Waals surface area contributed by atoms with Crippen LogP contribution in [0.4, 0.5) is 4.39 Å². The number of halogens is 1. The minimum Gasteiger partial charge on any atom is -0.332 e. The average molecular weight is 271 g/mol. The van der Waals surface area contributed by atoms with Crippen molar-refractivity contribution in [3.05, 3.63) is 59.9 Å². The van der Waals surface area contributed by atoms with Gasteiger partial charge >= 0.3 is 0 Å². The van der Waals surface area contributed by atoms with Gasteiger partial charge in [-0.25, -0.2) is 4.98 Å². The van der Waals surface area contributed by atoms with Crippen molar-refractivity contribution in [3.63, 3.8) is 0 Å². The number of carbonyl (C=O) groups excluding carboxylic acids is 1. The number of likely N-dealkylation sites (tertiary alicyclic amines) is 1. The molecule has 1 saturated heterocycles. The van der Waals surface area contributed by atoms with Gasteiger partial charge < -0.3 is 4.90 Å². The molecule has 0 aromatic carbocycles. The van der Waals surface area contributed by atoms with Crippen molar-refractivity contribution in [2.75, 3.05) is 6.54 Å². The van der Waals surface area contributed by atoms with Crippen LogP contribution in [0.3, 0.4) is 0 Å². The van der Waals surface area contributed by atoms with Crippen LogP contribution in [0.25, 0.3) is 0 Å². The van der Waals surface area contributed by atoms with Gasteiger partial charge in [0.1, 0.15) is 0 Å². The summed E-state index contributed by atoms with van der Waals surface area (Å²) in [6, 6.07) is 6.58. The van der Waals surface area contributed by atoms with Crippen molar-refractivity contribution in [1.82, 2.24) is 14.9 Å². The Morgan fingerprint density at radius 2 is 2.25 bits per heavy atom. The highest BCUT2D eigenvalue weighted by Gasteiger charge is 2.30. The van der Waals surface area contributed by atoms with E-state index in [-0.39, 0.29) is 11.9 Å². The summed E-state index contributed by atoms with van der Waals surface area (Å²) in [6.07, 6.45) is 6.66. The third-order valence-corrected chi connectivity index (χ3v) is 3.56. The molecule has 3 rings (SSSR count). The van der Waals surface area contributed by atoms with E-state index in [0.29, 0.717) is 12.1 Å². The standard InChI is InChI=1S/C15H14FN3O/c16-14-9-11(5-7-18-14)15(20)19-8-2-4-13(19)12-3-1-6-17-10-12/h1,3,5-7,9-10,13H,2,4,8H2. The van der Waals surface area contributed by atoms with E-state index in [4.69, 9.17) is 0 Å². The van der Waals surface area contributed by atoms with E-state index in [2.05, 4.69) is 9.97 Å². The molecular weight excluding hydrogens is 257 g/mol. The summed E-state index contributed by atoms with van der Waals surface area (Å²) in [7, 11) is 0. The number of amides is 1. The molecule has 4 nitrogen and oxygen atoms in total. The normalized spacial score (nSPS) is 18.2. The van der Waals surface area contributed by atoms with Gasteiger partial charge in [0.15, 0.2) is 0 Å². The van der Waals surface area contributed by atoms with Crippen molar-refractivity contribution in [2.45, 2.75) is 18.9 Å². The summed E-state index contributed by atoms with van der Waals surface area (Å²) in [5, 5.41) is 0. The fourth-order valence-corrected chi connectivity index (χ4v) is 2.63. The van der Waals surface area contributed by atoms with Crippen LogP contribution < -0.4 is 0 Å². The maximum atomic E-state index is 13.1. The lowest BCUT2D eigenvalue weighted by Gasteiger charge is -2.24. The van der Waals surface area contributed by atoms with Gasteiger partial charge in [-0.15, -0.1) is 0 Å². The molecule has 2 aromatic heterocycles. The van der Waals surface area contributed by atoms with E-state index in [0.717, 1.165) is 18.4 Å².